The summed E-state index contributed by atoms with van der Waals surface area (Å²) in [6, 6.07) is 9.28. The van der Waals surface area contributed by atoms with Crippen LogP contribution in [0.25, 0.3) is 10.4 Å². The third kappa shape index (κ3) is 4.51. The van der Waals surface area contributed by atoms with Gasteiger partial charge in [0.1, 0.15) is 23.6 Å². The Labute approximate surface area is 194 Å². The van der Waals surface area contributed by atoms with Crippen LogP contribution < -0.4 is 18.5 Å². The molecule has 3 aromatic rings. The van der Waals surface area contributed by atoms with Crippen molar-refractivity contribution in [3.8, 4) is 17.2 Å². The highest BCUT2D eigenvalue weighted by Gasteiger charge is 2.31. The highest BCUT2D eigenvalue weighted by atomic mass is 32.2. The SMILES string of the molecule is COc1ccc(CN(c2ncns2)S(=O)(=O)c2ccc3c(c2)OCCC3N=[N+]=[N-])c(OC)c1. The van der Waals surface area contributed by atoms with E-state index in [0.717, 1.165) is 11.5 Å². The first kappa shape index (κ1) is 22.6. The molecular weight excluding hydrogens is 468 g/mol. The lowest BCUT2D eigenvalue weighted by atomic mass is 10.0. The number of sulfonamides is 1. The first-order chi connectivity index (χ1) is 16.0. The molecule has 0 N–H and O–H groups in total. The van der Waals surface area contributed by atoms with Gasteiger partial charge in [-0.25, -0.2) is 17.7 Å². The summed E-state index contributed by atoms with van der Waals surface area (Å²) in [5.41, 5.74) is 10.1. The molecule has 0 spiro atoms. The summed E-state index contributed by atoms with van der Waals surface area (Å²) < 4.78 is 48.9. The van der Waals surface area contributed by atoms with Gasteiger partial charge in [-0.2, -0.15) is 4.37 Å². The van der Waals surface area contributed by atoms with E-state index in [1.54, 1.807) is 24.3 Å². The van der Waals surface area contributed by atoms with Gasteiger partial charge in [-0.3, -0.25) is 0 Å². The monoisotopic (exact) mass is 488 g/mol. The highest BCUT2D eigenvalue weighted by Crippen LogP contribution is 2.38. The number of nitrogens with zero attached hydrogens (tertiary/aromatic N) is 6. The second-order valence-corrected chi connectivity index (χ2v) is 9.59. The minimum absolute atomic E-state index is 0.0190. The maximum atomic E-state index is 13.7. The van der Waals surface area contributed by atoms with Gasteiger partial charge in [-0.15, -0.1) is 0 Å². The van der Waals surface area contributed by atoms with Crippen molar-refractivity contribution in [3.05, 3.63) is 64.3 Å². The number of benzene rings is 2. The number of aromatic nitrogens is 2. The van der Waals surface area contributed by atoms with Crippen molar-refractivity contribution in [3.63, 3.8) is 0 Å². The Balaban J connectivity index is 1.75. The fraction of sp³-hybridized carbons (Fsp3) is 0.300. The normalized spacial score (nSPS) is 15.0. The molecule has 1 aliphatic rings. The van der Waals surface area contributed by atoms with Crippen molar-refractivity contribution >= 4 is 26.7 Å². The summed E-state index contributed by atoms with van der Waals surface area (Å²) in [5.74, 6) is 1.44. The van der Waals surface area contributed by atoms with Crippen LogP contribution >= 0.6 is 11.5 Å². The van der Waals surface area contributed by atoms with Crippen molar-refractivity contribution in [2.24, 2.45) is 5.11 Å². The molecular formula is C20H20N6O5S2. The molecule has 0 saturated carbocycles. The Morgan fingerprint density at radius 3 is 2.82 bits per heavy atom. The van der Waals surface area contributed by atoms with E-state index in [1.165, 1.54) is 37.0 Å². The van der Waals surface area contributed by atoms with E-state index < -0.39 is 16.1 Å². The van der Waals surface area contributed by atoms with Crippen molar-refractivity contribution in [2.45, 2.75) is 23.9 Å². The highest BCUT2D eigenvalue weighted by molar-refractivity contribution is 7.93. The lowest BCUT2D eigenvalue weighted by molar-refractivity contribution is 0.268. The third-order valence-electron chi connectivity index (χ3n) is 5.14. The first-order valence-corrected chi connectivity index (χ1v) is 12.0. The lowest BCUT2D eigenvalue weighted by Gasteiger charge is -2.25. The minimum atomic E-state index is -4.06. The summed E-state index contributed by atoms with van der Waals surface area (Å²) in [7, 11) is -1.01. The fourth-order valence-electron chi connectivity index (χ4n) is 3.49. The van der Waals surface area contributed by atoms with Crippen LogP contribution in [0.5, 0.6) is 17.2 Å². The Hall–Kier alpha value is -3.54. The van der Waals surface area contributed by atoms with Crippen LogP contribution in [0.1, 0.15) is 23.6 Å². The Morgan fingerprint density at radius 2 is 2.12 bits per heavy atom. The number of rotatable bonds is 8. The number of hydrogen-bond donors (Lipinski definition) is 0. The molecule has 0 radical (unpaired) electrons. The zero-order valence-electron chi connectivity index (χ0n) is 17.8. The average molecular weight is 489 g/mol. The van der Waals surface area contributed by atoms with Crippen LogP contribution in [0.2, 0.25) is 0 Å². The summed E-state index contributed by atoms with van der Waals surface area (Å²) in [6.45, 7) is 0.285. The first-order valence-electron chi connectivity index (χ1n) is 9.79. The lowest BCUT2D eigenvalue weighted by Crippen LogP contribution is -2.31. The van der Waals surface area contributed by atoms with Crippen molar-refractivity contribution in [1.82, 2.24) is 9.36 Å². The summed E-state index contributed by atoms with van der Waals surface area (Å²) in [4.78, 5) is 7.01. The van der Waals surface area contributed by atoms with E-state index in [0.29, 0.717) is 41.4 Å². The van der Waals surface area contributed by atoms with Crippen molar-refractivity contribution in [2.75, 3.05) is 25.1 Å². The van der Waals surface area contributed by atoms with E-state index in [4.69, 9.17) is 19.7 Å². The molecule has 0 bridgehead atoms. The number of azide groups is 1. The number of fused-ring (bicyclic) bond motifs is 1. The van der Waals surface area contributed by atoms with Gasteiger partial charge in [-0.05, 0) is 30.2 Å². The zero-order chi connectivity index (χ0) is 23.4. The van der Waals surface area contributed by atoms with E-state index in [1.807, 2.05) is 0 Å². The van der Waals surface area contributed by atoms with Gasteiger partial charge >= 0.3 is 0 Å². The van der Waals surface area contributed by atoms with Crippen LogP contribution in [0.4, 0.5) is 5.13 Å². The van der Waals surface area contributed by atoms with E-state index >= 15 is 0 Å². The standard InChI is InChI=1S/C20H20N6O5S2/c1-29-14-4-3-13(18(9-14)30-2)11-26(20-22-12-23-32-20)33(27,28)15-5-6-16-17(24-25-21)7-8-31-19(16)10-15/h3-6,9-10,12,17H,7-8,11H2,1-2H3. The zero-order valence-corrected chi connectivity index (χ0v) is 19.4. The molecule has 2 aromatic carbocycles. The Kier molecular flexibility index (Phi) is 6.54. The number of hydrogen-bond acceptors (Lipinski definition) is 9. The molecule has 33 heavy (non-hydrogen) atoms. The minimum Gasteiger partial charge on any atom is -0.497 e. The molecule has 1 unspecified atom stereocenters. The van der Waals surface area contributed by atoms with Crippen LogP contribution in [0, 0.1) is 0 Å². The molecule has 0 amide bonds. The van der Waals surface area contributed by atoms with Gasteiger partial charge in [0.2, 0.25) is 5.13 Å². The van der Waals surface area contributed by atoms with Crippen molar-refractivity contribution in [1.29, 1.82) is 0 Å². The van der Waals surface area contributed by atoms with E-state index in [-0.39, 0.29) is 16.6 Å². The van der Waals surface area contributed by atoms with E-state index in [2.05, 4.69) is 19.4 Å². The second kappa shape index (κ2) is 9.53. The average Bonchev–Trinajstić information content (AvgIpc) is 3.37. The van der Waals surface area contributed by atoms with Crippen LogP contribution in [0.15, 0.2) is 52.7 Å². The summed E-state index contributed by atoms with van der Waals surface area (Å²) in [5, 5.41) is 3.99. The van der Waals surface area contributed by atoms with E-state index in [9.17, 15) is 8.42 Å². The molecule has 13 heteroatoms. The molecule has 0 aliphatic carbocycles. The van der Waals surface area contributed by atoms with Crippen LogP contribution in [-0.2, 0) is 16.6 Å². The smallest absolute Gasteiger partial charge is 0.266 e. The van der Waals surface area contributed by atoms with Gasteiger partial charge < -0.3 is 14.2 Å². The number of ether oxygens (including phenoxy) is 3. The molecule has 1 atom stereocenters. The molecule has 11 nitrogen and oxygen atoms in total. The fourth-order valence-corrected chi connectivity index (χ4v) is 5.64. The topological polar surface area (TPSA) is 140 Å². The van der Waals surface area contributed by atoms with Crippen LogP contribution in [0.3, 0.4) is 0 Å². The van der Waals surface area contributed by atoms with Crippen LogP contribution in [-0.4, -0.2) is 38.6 Å². The molecule has 4 rings (SSSR count). The van der Waals surface area contributed by atoms with Gasteiger partial charge in [0.25, 0.3) is 10.0 Å². The molecule has 1 aromatic heterocycles. The predicted octanol–water partition coefficient (Wildman–Crippen LogP) is 4.08. The second-order valence-electron chi connectivity index (χ2n) is 6.97. The largest absolute Gasteiger partial charge is 0.497 e. The van der Waals surface area contributed by atoms with Gasteiger partial charge in [0, 0.05) is 39.7 Å². The molecule has 2 heterocycles. The quantitative estimate of drug-likeness (QED) is 0.264. The summed E-state index contributed by atoms with van der Waals surface area (Å²) >= 11 is 0.962. The van der Waals surface area contributed by atoms with Gasteiger partial charge in [0.05, 0.1) is 38.3 Å². The molecule has 1 aliphatic heterocycles. The Morgan fingerprint density at radius 1 is 1.27 bits per heavy atom. The van der Waals surface area contributed by atoms with Gasteiger partial charge in [-0.1, -0.05) is 11.2 Å². The van der Waals surface area contributed by atoms with Crippen molar-refractivity contribution < 1.29 is 22.6 Å². The number of methoxy groups -OCH3 is 2. The third-order valence-corrected chi connectivity index (χ3v) is 7.68. The molecule has 172 valence electrons. The maximum absolute atomic E-state index is 13.7. The van der Waals surface area contributed by atoms with Gasteiger partial charge in [0.15, 0.2) is 0 Å². The maximum Gasteiger partial charge on any atom is 0.266 e. The predicted molar refractivity (Wildman–Crippen MR) is 121 cm³/mol. The Bertz CT molecular complexity index is 1290. The molecule has 0 fully saturated rings. The number of anilines is 1. The summed E-state index contributed by atoms with van der Waals surface area (Å²) in [6.07, 6.45) is 1.82. The molecule has 0 saturated heterocycles.